The molecule has 1 aromatic carbocycles. The van der Waals surface area contributed by atoms with Gasteiger partial charge in [-0.3, -0.25) is 0 Å². The molecule has 0 saturated carbocycles. The van der Waals surface area contributed by atoms with Crippen molar-refractivity contribution >= 4 is 52.2 Å². The normalized spacial score (nSPS) is 9.08. The van der Waals surface area contributed by atoms with Crippen molar-refractivity contribution in [1.29, 1.82) is 0 Å². The number of rotatable bonds is 1. The monoisotopic (exact) mass is 232 g/mol. The summed E-state index contributed by atoms with van der Waals surface area (Å²) in [5.41, 5.74) is -0.299. The van der Waals surface area contributed by atoms with E-state index in [0.717, 1.165) is 6.07 Å². The van der Waals surface area contributed by atoms with Crippen molar-refractivity contribution in [2.75, 3.05) is 0 Å². The maximum absolute atomic E-state index is 10.4. The van der Waals surface area contributed by atoms with E-state index in [9.17, 15) is 4.79 Å². The van der Waals surface area contributed by atoms with Crippen LogP contribution in [0.4, 0.5) is 0 Å². The largest absolute Gasteiger partial charge is 0.505 e. The minimum absolute atomic E-state index is 0. The van der Waals surface area contributed by atoms with Crippen LogP contribution in [0.15, 0.2) is 12.1 Å². The molecule has 1 aromatic rings. The van der Waals surface area contributed by atoms with Gasteiger partial charge in [0.2, 0.25) is 0 Å². The predicted molar refractivity (Wildman–Crippen MR) is 53.6 cm³/mol. The van der Waals surface area contributed by atoms with Crippen molar-refractivity contribution in [1.82, 2.24) is 0 Å². The average Bonchev–Trinajstić information content (AvgIpc) is 1.96. The minimum atomic E-state index is -1.27. The van der Waals surface area contributed by atoms with E-state index in [1.54, 1.807) is 0 Å². The molecule has 1 rings (SSSR count). The minimum Gasteiger partial charge on any atom is -0.505 e. The molecule has 0 fully saturated rings. The van der Waals surface area contributed by atoms with Gasteiger partial charge in [-0.05, 0) is 12.1 Å². The van der Waals surface area contributed by atoms with Gasteiger partial charge in [0, 0.05) is 5.02 Å². The number of carboxylic acid groups (broad SMARTS) is 1. The fraction of sp³-hybridized carbons (Fsp3) is 0. The van der Waals surface area contributed by atoms with Gasteiger partial charge in [0.15, 0.2) is 0 Å². The van der Waals surface area contributed by atoms with Crippen LogP contribution in [0.5, 0.6) is 5.75 Å². The van der Waals surface area contributed by atoms with Crippen LogP contribution in [0.25, 0.3) is 0 Å². The Morgan fingerprint density at radius 3 is 2.31 bits per heavy atom. The zero-order valence-electron chi connectivity index (χ0n) is 5.71. The third-order valence-corrected chi connectivity index (χ3v) is 1.76. The fourth-order valence-electron chi connectivity index (χ4n) is 0.729. The molecule has 13 heavy (non-hydrogen) atoms. The first-order chi connectivity index (χ1) is 5.52. The number of phenols is 1. The summed E-state index contributed by atoms with van der Waals surface area (Å²) in [7, 11) is 0. The lowest BCUT2D eigenvalue weighted by atomic mass is 10.2. The second-order valence-electron chi connectivity index (χ2n) is 2.09. The number of aromatic hydroxyl groups is 1. The van der Waals surface area contributed by atoms with Crippen LogP contribution < -0.4 is 0 Å². The molecule has 2 N–H and O–H groups in total. The van der Waals surface area contributed by atoms with E-state index >= 15 is 0 Å². The third kappa shape index (κ3) is 2.91. The van der Waals surface area contributed by atoms with Crippen LogP contribution in [0.1, 0.15) is 10.4 Å². The Kier molecular flexibility index (Phi) is 4.84. The van der Waals surface area contributed by atoms with E-state index in [1.807, 2.05) is 0 Å². The molecule has 0 aliphatic rings. The fourth-order valence-corrected chi connectivity index (χ4v) is 1.22. The maximum Gasteiger partial charge on any atom is 0.339 e. The molecule has 0 amide bonds. The van der Waals surface area contributed by atoms with E-state index in [2.05, 4.69) is 0 Å². The summed E-state index contributed by atoms with van der Waals surface area (Å²) in [6.45, 7) is 0. The zero-order chi connectivity index (χ0) is 9.30. The van der Waals surface area contributed by atoms with E-state index in [0.29, 0.717) is 0 Å². The second kappa shape index (κ2) is 4.90. The van der Waals surface area contributed by atoms with Crippen molar-refractivity contribution in [3.8, 4) is 5.75 Å². The highest BCUT2D eigenvalue weighted by Crippen LogP contribution is 2.30. The highest BCUT2D eigenvalue weighted by Gasteiger charge is 2.13. The number of aromatic carboxylic acids is 1. The smallest absolute Gasteiger partial charge is 0.339 e. The summed E-state index contributed by atoms with van der Waals surface area (Å²) in [6, 6.07) is 2.40. The molecule has 0 saturated heterocycles. The van der Waals surface area contributed by atoms with Gasteiger partial charge in [-0.25, -0.2) is 4.79 Å². The predicted octanol–water partition coefficient (Wildman–Crippen LogP) is 1.48. The van der Waals surface area contributed by atoms with Gasteiger partial charge in [0.1, 0.15) is 11.3 Å². The first-order valence-corrected chi connectivity index (χ1v) is 3.69. The molecule has 6 heteroatoms. The Hall–Kier alpha value is -0.164. The van der Waals surface area contributed by atoms with Crippen LogP contribution in [0, 0.1) is 0 Å². The Morgan fingerprint density at radius 2 is 1.85 bits per heavy atom. The molecular weight excluding hydrogens is 227 g/mol. The number of hydrogen-bond acceptors (Lipinski definition) is 2. The number of halogens is 2. The molecule has 0 spiro atoms. The van der Waals surface area contributed by atoms with E-state index in [4.69, 9.17) is 33.4 Å². The highest BCUT2D eigenvalue weighted by atomic mass is 35.5. The van der Waals surface area contributed by atoms with Gasteiger partial charge < -0.3 is 10.2 Å². The number of carboxylic acids is 1. The van der Waals surface area contributed by atoms with Crippen molar-refractivity contribution in [3.63, 3.8) is 0 Å². The second-order valence-corrected chi connectivity index (χ2v) is 2.93. The first kappa shape index (κ1) is 12.8. The number of benzene rings is 1. The molecule has 0 aliphatic heterocycles. The zero-order valence-corrected chi connectivity index (χ0v) is 7.23. The van der Waals surface area contributed by atoms with E-state index in [1.165, 1.54) is 6.07 Å². The van der Waals surface area contributed by atoms with Crippen LogP contribution in [-0.2, 0) is 0 Å². The molecule has 0 unspecified atom stereocenters. The van der Waals surface area contributed by atoms with Gasteiger partial charge in [-0.15, -0.1) is 0 Å². The van der Waals surface area contributed by atoms with Gasteiger partial charge in [-0.1, -0.05) is 23.2 Å². The van der Waals surface area contributed by atoms with Crippen LogP contribution in [-0.4, -0.2) is 39.2 Å². The van der Waals surface area contributed by atoms with Gasteiger partial charge >= 0.3 is 29.0 Å². The van der Waals surface area contributed by atoms with Crippen LogP contribution in [0.2, 0.25) is 10.0 Å². The van der Waals surface area contributed by atoms with Crippen LogP contribution in [0.3, 0.4) is 0 Å². The molecule has 0 atom stereocenters. The number of carbonyl (C=O) groups is 1. The lowest BCUT2D eigenvalue weighted by Gasteiger charge is -2.01. The summed E-state index contributed by atoms with van der Waals surface area (Å²) >= 11 is 11.0. The Bertz CT molecular complexity index is 341. The van der Waals surface area contributed by atoms with Crippen molar-refractivity contribution in [3.05, 3.63) is 27.7 Å². The third-order valence-electron chi connectivity index (χ3n) is 1.26. The molecule has 0 radical (unpaired) electrons. The topological polar surface area (TPSA) is 57.5 Å². The maximum atomic E-state index is 10.4. The lowest BCUT2D eigenvalue weighted by Crippen LogP contribution is -1.96. The summed E-state index contributed by atoms with van der Waals surface area (Å²) in [4.78, 5) is 10.4. The van der Waals surface area contributed by atoms with Crippen molar-refractivity contribution < 1.29 is 15.0 Å². The molecule has 3 nitrogen and oxygen atoms in total. The van der Waals surface area contributed by atoms with Gasteiger partial charge in [-0.2, -0.15) is 0 Å². The Balaban J connectivity index is 0.00000144. The van der Waals surface area contributed by atoms with E-state index < -0.39 is 11.7 Å². The summed E-state index contributed by atoms with van der Waals surface area (Å²) in [5.74, 6) is -1.73. The molecule has 68 valence electrons. The molecule has 0 aromatic heterocycles. The van der Waals surface area contributed by atoms with E-state index in [-0.39, 0.29) is 38.7 Å². The van der Waals surface area contributed by atoms with Crippen molar-refractivity contribution in [2.24, 2.45) is 0 Å². The first-order valence-electron chi connectivity index (χ1n) is 2.93. The van der Waals surface area contributed by atoms with Crippen molar-refractivity contribution in [2.45, 2.75) is 0 Å². The van der Waals surface area contributed by atoms with Crippen LogP contribution >= 0.6 is 23.2 Å². The SMILES string of the molecule is O=C(O)c1cc(Cl)cc(Cl)c1O.[MgH2]. The summed E-state index contributed by atoms with van der Waals surface area (Å²) in [5, 5.41) is 17.8. The molecule has 0 bridgehead atoms. The highest BCUT2D eigenvalue weighted by molar-refractivity contribution is 6.36. The van der Waals surface area contributed by atoms with Gasteiger partial charge in [0.05, 0.1) is 5.02 Å². The standard InChI is InChI=1S/C7H4Cl2O3.Mg.2H/c8-3-1-4(7(11)12)6(10)5(9)2-3;;;/h1-2,10H,(H,11,12);;;. The quantitative estimate of drug-likeness (QED) is 0.722. The Morgan fingerprint density at radius 1 is 1.31 bits per heavy atom. The lowest BCUT2D eigenvalue weighted by molar-refractivity contribution is 0.0694. The van der Waals surface area contributed by atoms with Gasteiger partial charge in [0.25, 0.3) is 0 Å². The molecular formula is C7H6Cl2MgO3. The Labute approximate surface area is 100 Å². The molecule has 0 heterocycles. The number of hydrogen-bond donors (Lipinski definition) is 2. The summed E-state index contributed by atoms with van der Waals surface area (Å²) < 4.78 is 0. The summed E-state index contributed by atoms with van der Waals surface area (Å²) in [6.07, 6.45) is 0. The molecule has 0 aliphatic carbocycles. The average molecular weight is 233 g/mol.